The number of amides is 2. The summed E-state index contributed by atoms with van der Waals surface area (Å²) in [5, 5.41) is 3.08. The molecule has 192 valence electrons. The van der Waals surface area contributed by atoms with Gasteiger partial charge in [-0.05, 0) is 51.0 Å². The number of carbonyl (C=O) groups excluding carboxylic acids is 2. The quantitative estimate of drug-likeness (QED) is 0.484. The molecule has 35 heavy (non-hydrogen) atoms. The van der Waals surface area contributed by atoms with Gasteiger partial charge in [-0.25, -0.2) is 8.42 Å². The van der Waals surface area contributed by atoms with Crippen molar-refractivity contribution < 1.29 is 22.7 Å². The molecule has 0 aliphatic carbocycles. The number of ether oxygens (including phenoxy) is 1. The van der Waals surface area contributed by atoms with Crippen LogP contribution in [0.1, 0.15) is 38.3 Å². The number of hydrogen-bond acceptors (Lipinski definition) is 5. The van der Waals surface area contributed by atoms with Gasteiger partial charge < -0.3 is 15.0 Å². The van der Waals surface area contributed by atoms with Crippen molar-refractivity contribution in [2.24, 2.45) is 0 Å². The fraction of sp³-hybridized carbons (Fsp3) is 0.440. The maximum Gasteiger partial charge on any atom is 0.244 e. The SMILES string of the molecule is CC[C@H](C(=O)NC(C)C)N(Cc1ccc(C)cc1)C(=O)CN(c1ccc(OC)c(Cl)c1)S(C)(=O)=O. The summed E-state index contributed by atoms with van der Waals surface area (Å²) in [6.07, 6.45) is 1.38. The van der Waals surface area contributed by atoms with E-state index in [0.717, 1.165) is 21.7 Å². The average molecular weight is 524 g/mol. The molecule has 0 saturated heterocycles. The second-order valence-corrected chi connectivity index (χ2v) is 11.0. The number of methoxy groups -OCH3 is 1. The Morgan fingerprint density at radius 3 is 2.23 bits per heavy atom. The van der Waals surface area contributed by atoms with Gasteiger partial charge in [-0.2, -0.15) is 0 Å². The topological polar surface area (TPSA) is 96.0 Å². The van der Waals surface area contributed by atoms with E-state index in [-0.39, 0.29) is 29.2 Å². The van der Waals surface area contributed by atoms with Crippen molar-refractivity contribution in [2.75, 3.05) is 24.2 Å². The van der Waals surface area contributed by atoms with Gasteiger partial charge in [0, 0.05) is 12.6 Å². The zero-order valence-electron chi connectivity index (χ0n) is 21.0. The Balaban J connectivity index is 2.45. The van der Waals surface area contributed by atoms with Gasteiger partial charge in [0.25, 0.3) is 0 Å². The molecule has 0 saturated carbocycles. The lowest BCUT2D eigenvalue weighted by Crippen LogP contribution is -2.53. The number of anilines is 1. The van der Waals surface area contributed by atoms with Gasteiger partial charge in [-0.15, -0.1) is 0 Å². The second kappa shape index (κ2) is 12.3. The zero-order valence-corrected chi connectivity index (χ0v) is 22.6. The predicted molar refractivity (Wildman–Crippen MR) is 139 cm³/mol. The molecule has 0 radical (unpaired) electrons. The van der Waals surface area contributed by atoms with Gasteiger partial charge in [0.2, 0.25) is 21.8 Å². The maximum absolute atomic E-state index is 13.6. The highest BCUT2D eigenvalue weighted by Crippen LogP contribution is 2.30. The third kappa shape index (κ3) is 7.86. The van der Waals surface area contributed by atoms with Crippen LogP contribution in [0.4, 0.5) is 5.69 Å². The Kier molecular flexibility index (Phi) is 9.97. The van der Waals surface area contributed by atoms with E-state index in [2.05, 4.69) is 5.32 Å². The first kappa shape index (κ1) is 28.5. The van der Waals surface area contributed by atoms with Crippen LogP contribution in [0.15, 0.2) is 42.5 Å². The lowest BCUT2D eigenvalue weighted by Gasteiger charge is -2.33. The number of aryl methyl sites for hydroxylation is 1. The van der Waals surface area contributed by atoms with Gasteiger partial charge in [-0.1, -0.05) is 48.4 Å². The molecule has 0 aromatic heterocycles. The number of hydrogen-bond donors (Lipinski definition) is 1. The number of halogens is 1. The van der Waals surface area contributed by atoms with E-state index in [1.54, 1.807) is 0 Å². The highest BCUT2D eigenvalue weighted by atomic mass is 35.5. The monoisotopic (exact) mass is 523 g/mol. The van der Waals surface area contributed by atoms with Crippen molar-refractivity contribution in [1.82, 2.24) is 10.2 Å². The van der Waals surface area contributed by atoms with Crippen LogP contribution >= 0.6 is 11.6 Å². The number of benzene rings is 2. The summed E-state index contributed by atoms with van der Waals surface area (Å²) < 4.78 is 31.5. The van der Waals surface area contributed by atoms with Crippen molar-refractivity contribution in [3.63, 3.8) is 0 Å². The Morgan fingerprint density at radius 1 is 1.11 bits per heavy atom. The molecule has 2 amide bonds. The van der Waals surface area contributed by atoms with Gasteiger partial charge in [-0.3, -0.25) is 13.9 Å². The minimum atomic E-state index is -3.85. The van der Waals surface area contributed by atoms with Crippen LogP contribution < -0.4 is 14.4 Å². The molecule has 0 heterocycles. The van der Waals surface area contributed by atoms with Crippen molar-refractivity contribution in [1.29, 1.82) is 0 Å². The molecule has 2 rings (SSSR count). The van der Waals surface area contributed by atoms with Crippen molar-refractivity contribution in [3.05, 3.63) is 58.6 Å². The van der Waals surface area contributed by atoms with E-state index in [1.807, 2.05) is 52.0 Å². The molecular weight excluding hydrogens is 490 g/mol. The Morgan fingerprint density at radius 2 is 1.74 bits per heavy atom. The van der Waals surface area contributed by atoms with Crippen LogP contribution in [0.2, 0.25) is 5.02 Å². The minimum Gasteiger partial charge on any atom is -0.495 e. The molecule has 0 aliphatic rings. The third-order valence-corrected chi connectivity index (χ3v) is 6.83. The third-order valence-electron chi connectivity index (χ3n) is 5.39. The molecule has 1 N–H and O–H groups in total. The minimum absolute atomic E-state index is 0.109. The smallest absolute Gasteiger partial charge is 0.244 e. The summed E-state index contributed by atoms with van der Waals surface area (Å²) in [4.78, 5) is 28.0. The largest absolute Gasteiger partial charge is 0.495 e. The number of carbonyl (C=O) groups is 2. The lowest BCUT2D eigenvalue weighted by atomic mass is 10.1. The second-order valence-electron chi connectivity index (χ2n) is 8.68. The van der Waals surface area contributed by atoms with Crippen LogP contribution in [0, 0.1) is 6.92 Å². The molecule has 0 fully saturated rings. The van der Waals surface area contributed by atoms with Crippen molar-refractivity contribution in [3.8, 4) is 5.75 Å². The van der Waals surface area contributed by atoms with Crippen LogP contribution in [0.3, 0.4) is 0 Å². The average Bonchev–Trinajstić information content (AvgIpc) is 2.77. The molecule has 10 heteroatoms. The fourth-order valence-corrected chi connectivity index (χ4v) is 4.71. The molecule has 0 unspecified atom stereocenters. The van der Waals surface area contributed by atoms with E-state index in [0.29, 0.717) is 12.2 Å². The van der Waals surface area contributed by atoms with Crippen LogP contribution in [0.5, 0.6) is 5.75 Å². The fourth-order valence-electron chi connectivity index (χ4n) is 3.61. The first-order valence-electron chi connectivity index (χ1n) is 11.3. The summed E-state index contributed by atoms with van der Waals surface area (Å²) in [6, 6.07) is 11.2. The number of nitrogens with one attached hydrogen (secondary N) is 1. The van der Waals surface area contributed by atoms with Crippen molar-refractivity contribution in [2.45, 2.75) is 52.7 Å². The summed E-state index contributed by atoms with van der Waals surface area (Å²) in [5.74, 6) is -0.414. The molecule has 8 nitrogen and oxygen atoms in total. The van der Waals surface area contributed by atoms with Gasteiger partial charge in [0.15, 0.2) is 0 Å². The van der Waals surface area contributed by atoms with E-state index >= 15 is 0 Å². The van der Waals surface area contributed by atoms with Crippen LogP contribution in [-0.4, -0.2) is 57.1 Å². The van der Waals surface area contributed by atoms with Gasteiger partial charge in [0.05, 0.1) is 24.1 Å². The molecule has 2 aromatic carbocycles. The van der Waals surface area contributed by atoms with Crippen LogP contribution in [-0.2, 0) is 26.2 Å². The number of sulfonamides is 1. The first-order chi connectivity index (χ1) is 16.4. The summed E-state index contributed by atoms with van der Waals surface area (Å²) in [6.45, 7) is 7.13. The highest BCUT2D eigenvalue weighted by molar-refractivity contribution is 7.92. The Hall–Kier alpha value is -2.78. The summed E-state index contributed by atoms with van der Waals surface area (Å²) in [5.41, 5.74) is 2.12. The Bertz CT molecular complexity index is 1140. The Labute approximate surface area is 213 Å². The lowest BCUT2D eigenvalue weighted by molar-refractivity contribution is -0.140. The van der Waals surface area contributed by atoms with Gasteiger partial charge in [0.1, 0.15) is 18.3 Å². The van der Waals surface area contributed by atoms with E-state index in [4.69, 9.17) is 16.3 Å². The van der Waals surface area contributed by atoms with E-state index in [9.17, 15) is 18.0 Å². The van der Waals surface area contributed by atoms with Gasteiger partial charge >= 0.3 is 0 Å². The molecule has 0 spiro atoms. The zero-order chi connectivity index (χ0) is 26.3. The normalized spacial score (nSPS) is 12.2. The predicted octanol–water partition coefficient (Wildman–Crippen LogP) is 3.76. The molecule has 2 aromatic rings. The van der Waals surface area contributed by atoms with Crippen molar-refractivity contribution >= 4 is 39.1 Å². The molecule has 0 bridgehead atoms. The van der Waals surface area contributed by atoms with E-state index in [1.165, 1.54) is 30.2 Å². The van der Waals surface area contributed by atoms with E-state index < -0.39 is 28.5 Å². The number of rotatable bonds is 11. The first-order valence-corrected chi connectivity index (χ1v) is 13.6. The molecule has 0 aliphatic heterocycles. The standard InChI is InChI=1S/C25H34ClN3O5S/c1-7-22(25(31)27-17(2)3)28(15-19-10-8-18(4)9-11-19)24(30)16-29(35(6,32)33)20-12-13-23(34-5)21(26)14-20/h8-14,17,22H,7,15-16H2,1-6H3,(H,27,31)/t22-/m1/s1. The summed E-state index contributed by atoms with van der Waals surface area (Å²) in [7, 11) is -2.39. The van der Waals surface area contributed by atoms with Crippen LogP contribution in [0.25, 0.3) is 0 Å². The maximum atomic E-state index is 13.6. The molecular formula is C25H34ClN3O5S. The number of nitrogens with zero attached hydrogens (tertiary/aromatic N) is 2. The highest BCUT2D eigenvalue weighted by Gasteiger charge is 2.32. The summed E-state index contributed by atoms with van der Waals surface area (Å²) >= 11 is 6.21. The molecule has 1 atom stereocenters.